The molecule has 2 aromatic carbocycles. The minimum Gasteiger partial charge on any atom is -0.330 e. The van der Waals surface area contributed by atoms with Gasteiger partial charge in [0.25, 0.3) is 0 Å². The Kier molecular flexibility index (Phi) is 5.79. The van der Waals surface area contributed by atoms with Crippen LogP contribution in [0.2, 0.25) is 0 Å². The standard InChI is InChI=1S/C22H20F5N3OS/c23-15-7-8-17(24)16(11-15)19-29-30(18-12-20(18,13-31)22(25,26)27)21(32-19,9-4-10-28)14-5-2-1-3-6-14/h1-3,5-8,11,13,18H,4,9-10,12,28H2. The van der Waals surface area contributed by atoms with Crippen molar-refractivity contribution in [2.45, 2.75) is 36.4 Å². The van der Waals surface area contributed by atoms with Crippen molar-refractivity contribution in [3.8, 4) is 0 Å². The summed E-state index contributed by atoms with van der Waals surface area (Å²) in [5.41, 5.74) is 3.65. The molecule has 1 aliphatic heterocycles. The number of halogens is 5. The third-order valence-electron chi connectivity index (χ3n) is 5.94. The summed E-state index contributed by atoms with van der Waals surface area (Å²) in [5, 5.41) is 5.69. The van der Waals surface area contributed by atoms with Gasteiger partial charge in [-0.1, -0.05) is 42.1 Å². The van der Waals surface area contributed by atoms with Crippen molar-refractivity contribution in [2.75, 3.05) is 6.54 Å². The smallest absolute Gasteiger partial charge is 0.330 e. The van der Waals surface area contributed by atoms with Gasteiger partial charge < -0.3 is 10.5 Å². The molecule has 3 unspecified atom stereocenters. The van der Waals surface area contributed by atoms with Crippen LogP contribution in [0.3, 0.4) is 0 Å². The molecule has 0 saturated heterocycles. The molecule has 2 aromatic rings. The summed E-state index contributed by atoms with van der Waals surface area (Å²) in [4.78, 5) is 10.4. The number of nitrogens with two attached hydrogens (primary N) is 1. The molecule has 2 N–H and O–H groups in total. The summed E-state index contributed by atoms with van der Waals surface area (Å²) in [6.07, 6.45) is -4.55. The minimum absolute atomic E-state index is 0.0525. The van der Waals surface area contributed by atoms with E-state index in [-0.39, 0.29) is 23.4 Å². The van der Waals surface area contributed by atoms with Crippen LogP contribution in [0.1, 0.15) is 30.4 Å². The van der Waals surface area contributed by atoms with Crippen molar-refractivity contribution >= 4 is 23.1 Å². The minimum atomic E-state index is -4.76. The second-order valence-electron chi connectivity index (χ2n) is 7.89. The Bertz CT molecular complexity index is 1050. The van der Waals surface area contributed by atoms with Crippen LogP contribution in [-0.2, 0) is 9.67 Å². The van der Waals surface area contributed by atoms with Crippen molar-refractivity contribution in [2.24, 2.45) is 16.3 Å². The van der Waals surface area contributed by atoms with Gasteiger partial charge >= 0.3 is 6.18 Å². The van der Waals surface area contributed by atoms with Crippen LogP contribution in [0.5, 0.6) is 0 Å². The number of carbonyl (C=O) groups excluding carboxylic acids is 1. The first-order valence-electron chi connectivity index (χ1n) is 9.99. The van der Waals surface area contributed by atoms with Crippen molar-refractivity contribution in [1.82, 2.24) is 5.01 Å². The van der Waals surface area contributed by atoms with Gasteiger partial charge in [-0.15, -0.1) is 0 Å². The van der Waals surface area contributed by atoms with Crippen LogP contribution < -0.4 is 5.73 Å². The fraction of sp³-hybridized carbons (Fsp3) is 0.364. The predicted octanol–water partition coefficient (Wildman–Crippen LogP) is 4.79. The summed E-state index contributed by atoms with van der Waals surface area (Å²) >= 11 is 1.06. The van der Waals surface area contributed by atoms with Crippen LogP contribution >= 0.6 is 11.8 Å². The highest BCUT2D eigenvalue weighted by Gasteiger charge is 2.75. The summed E-state index contributed by atoms with van der Waals surface area (Å²) in [6.45, 7) is 0.273. The predicted molar refractivity (Wildman–Crippen MR) is 112 cm³/mol. The molecule has 1 saturated carbocycles. The summed E-state index contributed by atoms with van der Waals surface area (Å²) in [6, 6.07) is 10.3. The van der Waals surface area contributed by atoms with E-state index in [9.17, 15) is 26.7 Å². The molecule has 1 heterocycles. The highest BCUT2D eigenvalue weighted by Crippen LogP contribution is 2.64. The van der Waals surface area contributed by atoms with Gasteiger partial charge in [-0.25, -0.2) is 8.78 Å². The number of aldehydes is 1. The van der Waals surface area contributed by atoms with Crippen molar-refractivity contribution in [3.05, 3.63) is 71.3 Å². The summed E-state index contributed by atoms with van der Waals surface area (Å²) in [5.74, 6) is -1.44. The second-order valence-corrected chi connectivity index (χ2v) is 9.16. The molecule has 0 spiro atoms. The average molecular weight is 469 g/mol. The number of hydrazone groups is 1. The van der Waals surface area contributed by atoms with E-state index in [1.165, 1.54) is 5.01 Å². The van der Waals surface area contributed by atoms with Gasteiger partial charge in [-0.05, 0) is 49.6 Å². The molecule has 4 nitrogen and oxygen atoms in total. The van der Waals surface area contributed by atoms with Crippen molar-refractivity contribution in [1.29, 1.82) is 0 Å². The molecular formula is C22H20F5N3OS. The van der Waals surface area contributed by atoms with E-state index in [0.29, 0.717) is 18.4 Å². The van der Waals surface area contributed by atoms with E-state index in [1.807, 2.05) is 0 Å². The average Bonchev–Trinajstić information content (AvgIpc) is 3.41. The maximum atomic E-state index is 14.5. The summed E-state index contributed by atoms with van der Waals surface area (Å²) in [7, 11) is 0. The first-order chi connectivity index (χ1) is 15.2. The van der Waals surface area contributed by atoms with Gasteiger partial charge in [0.05, 0.1) is 6.04 Å². The molecule has 0 radical (unpaired) electrons. The normalized spacial score (nSPS) is 27.4. The zero-order valence-electron chi connectivity index (χ0n) is 16.8. The van der Waals surface area contributed by atoms with Crippen molar-refractivity contribution < 1.29 is 26.7 Å². The van der Waals surface area contributed by atoms with Crippen LogP contribution in [-0.4, -0.2) is 35.1 Å². The summed E-state index contributed by atoms with van der Waals surface area (Å²) < 4.78 is 69.8. The largest absolute Gasteiger partial charge is 0.403 e. The molecule has 0 amide bonds. The zero-order valence-corrected chi connectivity index (χ0v) is 17.6. The Labute approximate surface area is 185 Å². The SMILES string of the molecule is NCCCC1(c2ccccc2)SC(c2cc(F)ccc2F)=NN1C1CC1(C=O)C(F)(F)F. The van der Waals surface area contributed by atoms with Gasteiger partial charge in [-0.2, -0.15) is 18.3 Å². The number of rotatable bonds is 7. The lowest BCUT2D eigenvalue weighted by Gasteiger charge is -2.38. The molecule has 10 heteroatoms. The van der Waals surface area contributed by atoms with Crippen LogP contribution in [0.25, 0.3) is 0 Å². The lowest BCUT2D eigenvalue weighted by atomic mass is 9.99. The van der Waals surface area contributed by atoms with Gasteiger partial charge in [0.2, 0.25) is 0 Å². The first-order valence-corrected chi connectivity index (χ1v) is 10.8. The fourth-order valence-corrected chi connectivity index (χ4v) is 5.58. The third kappa shape index (κ3) is 3.59. The molecule has 3 atom stereocenters. The molecule has 1 fully saturated rings. The lowest BCUT2D eigenvalue weighted by molar-refractivity contribution is -0.190. The Balaban J connectivity index is 1.86. The lowest BCUT2D eigenvalue weighted by Crippen LogP contribution is -2.44. The van der Waals surface area contributed by atoms with Gasteiger partial charge in [0.1, 0.15) is 33.3 Å². The van der Waals surface area contributed by atoms with Crippen molar-refractivity contribution in [3.63, 3.8) is 0 Å². The molecule has 1 aliphatic carbocycles. The monoisotopic (exact) mass is 469 g/mol. The van der Waals surface area contributed by atoms with E-state index in [0.717, 1.165) is 30.0 Å². The molecule has 170 valence electrons. The Hall–Kier alpha value is -2.46. The number of nitrogens with zero attached hydrogens (tertiary/aromatic N) is 2. The number of benzene rings is 2. The first kappa shape index (κ1) is 22.7. The molecule has 4 rings (SSSR count). The number of thioether (sulfide) groups is 1. The maximum absolute atomic E-state index is 14.5. The molecular weight excluding hydrogens is 449 g/mol. The van der Waals surface area contributed by atoms with Gasteiger partial charge in [0, 0.05) is 5.56 Å². The Morgan fingerprint density at radius 3 is 2.50 bits per heavy atom. The van der Waals surface area contributed by atoms with Gasteiger partial charge in [0.15, 0.2) is 0 Å². The number of carbonyl (C=O) groups is 1. The quantitative estimate of drug-likeness (QED) is 0.468. The molecule has 0 bridgehead atoms. The third-order valence-corrected chi connectivity index (χ3v) is 7.40. The van der Waals surface area contributed by atoms with E-state index < -0.39 is 40.6 Å². The molecule has 32 heavy (non-hydrogen) atoms. The van der Waals surface area contributed by atoms with E-state index in [2.05, 4.69) is 5.10 Å². The van der Waals surface area contributed by atoms with Gasteiger partial charge in [-0.3, -0.25) is 5.01 Å². The van der Waals surface area contributed by atoms with E-state index in [4.69, 9.17) is 5.73 Å². The van der Waals surface area contributed by atoms with Crippen LogP contribution in [0, 0.1) is 17.0 Å². The number of hydrogen-bond acceptors (Lipinski definition) is 5. The van der Waals surface area contributed by atoms with E-state index in [1.54, 1.807) is 30.3 Å². The van der Waals surface area contributed by atoms with Crippen LogP contribution in [0.15, 0.2) is 53.6 Å². The highest BCUT2D eigenvalue weighted by molar-refractivity contribution is 8.15. The molecule has 2 aliphatic rings. The van der Waals surface area contributed by atoms with Crippen LogP contribution in [0.4, 0.5) is 22.0 Å². The highest BCUT2D eigenvalue weighted by atomic mass is 32.2. The number of hydrogen-bond donors (Lipinski definition) is 1. The second kappa shape index (κ2) is 8.15. The Morgan fingerprint density at radius 1 is 1.19 bits per heavy atom. The Morgan fingerprint density at radius 2 is 1.91 bits per heavy atom. The fourth-order valence-electron chi connectivity index (χ4n) is 4.10. The molecule has 0 aromatic heterocycles. The van der Waals surface area contributed by atoms with E-state index >= 15 is 0 Å². The zero-order chi connectivity index (χ0) is 23.1. The topological polar surface area (TPSA) is 58.7 Å². The maximum Gasteiger partial charge on any atom is 0.403 e. The number of alkyl halides is 3.